The molecule has 1 aromatic carbocycles. The summed E-state index contributed by atoms with van der Waals surface area (Å²) >= 11 is 0. The van der Waals surface area contributed by atoms with Crippen molar-refractivity contribution in [2.24, 2.45) is 0 Å². The third-order valence-electron chi connectivity index (χ3n) is 6.21. The quantitative estimate of drug-likeness (QED) is 0.522. The molecule has 180 valence electrons. The Kier molecular flexibility index (Phi) is 6.00. The lowest BCUT2D eigenvalue weighted by Gasteiger charge is -2.26. The van der Waals surface area contributed by atoms with E-state index in [-0.39, 0.29) is 28.4 Å². The van der Waals surface area contributed by atoms with Crippen LogP contribution >= 0.6 is 0 Å². The Bertz CT molecular complexity index is 1390. The van der Waals surface area contributed by atoms with Crippen LogP contribution in [-0.2, 0) is 14.8 Å². The second-order valence-electron chi connectivity index (χ2n) is 8.56. The van der Waals surface area contributed by atoms with Crippen LogP contribution in [0.4, 0.5) is 5.95 Å². The van der Waals surface area contributed by atoms with E-state index < -0.39 is 10.0 Å². The Labute approximate surface area is 197 Å². The maximum atomic E-state index is 13.5. The third kappa shape index (κ3) is 4.26. The number of hydrogen-bond donors (Lipinski definition) is 2. The fourth-order valence-corrected chi connectivity index (χ4v) is 5.71. The molecule has 34 heavy (non-hydrogen) atoms. The molecule has 0 bridgehead atoms. The maximum Gasteiger partial charge on any atom is 0.263 e. The number of pyridine rings is 1. The molecule has 2 N–H and O–H groups in total. The number of methoxy groups -OCH3 is 1. The Hall–Kier alpha value is -3.02. The minimum Gasteiger partial charge on any atom is -0.480 e. The summed E-state index contributed by atoms with van der Waals surface area (Å²) in [4.78, 5) is 22.4. The SMILES string of the molecule is CNc1nc2ccc(-c3cnc(OC)c(S(=O)(=O)NC4CC4)c3)cc2c(=O)n1C1CCOCC1. The van der Waals surface area contributed by atoms with Gasteiger partial charge in [-0.25, -0.2) is 23.1 Å². The van der Waals surface area contributed by atoms with Gasteiger partial charge in [-0.05, 0) is 49.4 Å². The monoisotopic (exact) mass is 485 g/mol. The molecule has 1 aliphatic heterocycles. The predicted octanol–water partition coefficient (Wildman–Crippen LogP) is 2.30. The van der Waals surface area contributed by atoms with Gasteiger partial charge < -0.3 is 14.8 Å². The van der Waals surface area contributed by atoms with E-state index in [2.05, 4.69) is 20.0 Å². The standard InChI is InChI=1S/C23H27N5O5S/c1-24-23-26-19-6-3-14(11-18(19)22(29)28(23)17-7-9-33-10-8-17)15-12-20(21(32-2)25-13-15)34(30,31)27-16-4-5-16/h3,6,11-13,16-17,27H,4-5,7-10H2,1-2H3,(H,24,26). The molecule has 0 spiro atoms. The van der Waals surface area contributed by atoms with Gasteiger partial charge in [0.25, 0.3) is 5.56 Å². The number of aromatic nitrogens is 3. The molecule has 10 nitrogen and oxygen atoms in total. The van der Waals surface area contributed by atoms with E-state index in [1.54, 1.807) is 36.0 Å². The number of rotatable bonds is 7. The van der Waals surface area contributed by atoms with Crippen LogP contribution in [0.15, 0.2) is 40.2 Å². The first-order valence-corrected chi connectivity index (χ1v) is 12.8. The molecule has 1 saturated heterocycles. The summed E-state index contributed by atoms with van der Waals surface area (Å²) in [5.41, 5.74) is 1.65. The zero-order valence-electron chi connectivity index (χ0n) is 19.1. The van der Waals surface area contributed by atoms with Crippen molar-refractivity contribution in [3.8, 4) is 17.0 Å². The van der Waals surface area contributed by atoms with Crippen LogP contribution in [0.25, 0.3) is 22.0 Å². The van der Waals surface area contributed by atoms with Gasteiger partial charge in [-0.3, -0.25) is 9.36 Å². The van der Waals surface area contributed by atoms with E-state index in [9.17, 15) is 13.2 Å². The summed E-state index contributed by atoms with van der Waals surface area (Å²) in [5.74, 6) is 0.544. The molecule has 3 aromatic rings. The van der Waals surface area contributed by atoms with Crippen molar-refractivity contribution in [3.63, 3.8) is 0 Å². The molecule has 1 aliphatic carbocycles. The van der Waals surface area contributed by atoms with Gasteiger partial charge in [-0.2, -0.15) is 0 Å². The van der Waals surface area contributed by atoms with Gasteiger partial charge in [0.2, 0.25) is 21.9 Å². The minimum absolute atomic E-state index is 0.00264. The van der Waals surface area contributed by atoms with Gasteiger partial charge in [-0.1, -0.05) is 6.07 Å². The Balaban J connectivity index is 1.61. The summed E-state index contributed by atoms with van der Waals surface area (Å²) in [6, 6.07) is 6.80. The fraction of sp³-hybridized carbons (Fsp3) is 0.435. The lowest BCUT2D eigenvalue weighted by molar-refractivity contribution is 0.0691. The van der Waals surface area contributed by atoms with Crippen molar-refractivity contribution in [2.75, 3.05) is 32.7 Å². The van der Waals surface area contributed by atoms with Crippen LogP contribution in [0.1, 0.15) is 31.7 Å². The van der Waals surface area contributed by atoms with Crippen LogP contribution in [0, 0.1) is 0 Å². The topological polar surface area (TPSA) is 124 Å². The van der Waals surface area contributed by atoms with Crippen LogP contribution in [-0.4, -0.2) is 56.4 Å². The number of sulfonamides is 1. The number of fused-ring (bicyclic) bond motifs is 1. The molecule has 2 aromatic heterocycles. The lowest BCUT2D eigenvalue weighted by Crippen LogP contribution is -2.31. The van der Waals surface area contributed by atoms with Crippen molar-refractivity contribution in [1.29, 1.82) is 0 Å². The smallest absolute Gasteiger partial charge is 0.263 e. The largest absolute Gasteiger partial charge is 0.480 e. The Morgan fingerprint density at radius 1 is 1.12 bits per heavy atom. The number of ether oxygens (including phenoxy) is 2. The maximum absolute atomic E-state index is 13.5. The predicted molar refractivity (Wildman–Crippen MR) is 128 cm³/mol. The van der Waals surface area contributed by atoms with Crippen LogP contribution in [0.5, 0.6) is 5.88 Å². The molecule has 5 rings (SSSR count). The highest BCUT2D eigenvalue weighted by Crippen LogP contribution is 2.31. The molecule has 2 fully saturated rings. The minimum atomic E-state index is -3.79. The number of benzene rings is 1. The average Bonchev–Trinajstić information content (AvgIpc) is 3.67. The Morgan fingerprint density at radius 3 is 2.56 bits per heavy atom. The number of nitrogens with zero attached hydrogens (tertiary/aromatic N) is 3. The zero-order valence-corrected chi connectivity index (χ0v) is 19.9. The molecule has 3 heterocycles. The summed E-state index contributed by atoms with van der Waals surface area (Å²) in [6.45, 7) is 1.20. The first-order valence-electron chi connectivity index (χ1n) is 11.3. The summed E-state index contributed by atoms with van der Waals surface area (Å²) in [6.07, 6.45) is 4.65. The number of anilines is 1. The highest BCUT2D eigenvalue weighted by Gasteiger charge is 2.30. The van der Waals surface area contributed by atoms with Crippen LogP contribution in [0.2, 0.25) is 0 Å². The van der Waals surface area contributed by atoms with E-state index in [4.69, 9.17) is 9.47 Å². The van der Waals surface area contributed by atoms with E-state index >= 15 is 0 Å². The van der Waals surface area contributed by atoms with E-state index in [1.165, 1.54) is 13.2 Å². The van der Waals surface area contributed by atoms with E-state index in [1.807, 2.05) is 0 Å². The van der Waals surface area contributed by atoms with Crippen molar-refractivity contribution in [3.05, 3.63) is 40.8 Å². The van der Waals surface area contributed by atoms with Crippen LogP contribution in [0.3, 0.4) is 0 Å². The second kappa shape index (κ2) is 8.97. The number of nitrogens with one attached hydrogen (secondary N) is 2. The highest BCUT2D eigenvalue weighted by atomic mass is 32.2. The fourth-order valence-electron chi connectivity index (χ4n) is 4.26. The van der Waals surface area contributed by atoms with Gasteiger partial charge in [-0.15, -0.1) is 0 Å². The molecule has 0 amide bonds. The van der Waals surface area contributed by atoms with Gasteiger partial charge in [0.15, 0.2) is 0 Å². The Morgan fingerprint density at radius 2 is 1.88 bits per heavy atom. The normalized spacial score (nSPS) is 17.1. The molecule has 0 unspecified atom stereocenters. The molecule has 11 heteroatoms. The highest BCUT2D eigenvalue weighted by molar-refractivity contribution is 7.89. The van der Waals surface area contributed by atoms with Gasteiger partial charge >= 0.3 is 0 Å². The van der Waals surface area contributed by atoms with E-state index in [0.717, 1.165) is 25.7 Å². The first kappa shape index (κ1) is 22.8. The third-order valence-corrected chi connectivity index (χ3v) is 7.73. The molecular weight excluding hydrogens is 458 g/mol. The average molecular weight is 486 g/mol. The van der Waals surface area contributed by atoms with Gasteiger partial charge in [0.05, 0.1) is 18.0 Å². The van der Waals surface area contributed by atoms with E-state index in [0.29, 0.717) is 41.2 Å². The van der Waals surface area contributed by atoms with Crippen LogP contribution < -0.4 is 20.3 Å². The first-order chi connectivity index (χ1) is 16.4. The van der Waals surface area contributed by atoms with Gasteiger partial charge in [0.1, 0.15) is 4.90 Å². The summed E-state index contributed by atoms with van der Waals surface area (Å²) < 4.78 is 40.8. The molecule has 0 atom stereocenters. The molecule has 2 aliphatic rings. The van der Waals surface area contributed by atoms with Crippen molar-refractivity contribution in [1.82, 2.24) is 19.3 Å². The van der Waals surface area contributed by atoms with Gasteiger partial charge in [0, 0.05) is 44.1 Å². The summed E-state index contributed by atoms with van der Waals surface area (Å²) in [7, 11) is -0.652. The molecule has 1 saturated carbocycles. The molecule has 0 radical (unpaired) electrons. The zero-order chi connectivity index (χ0) is 23.9. The number of hydrogen-bond acceptors (Lipinski definition) is 8. The molecular formula is C23H27N5O5S. The second-order valence-corrected chi connectivity index (χ2v) is 10.2. The van der Waals surface area contributed by atoms with Crippen molar-refractivity contribution >= 4 is 26.9 Å². The van der Waals surface area contributed by atoms with Crippen molar-refractivity contribution < 1.29 is 17.9 Å². The lowest BCUT2D eigenvalue weighted by atomic mass is 10.0. The van der Waals surface area contributed by atoms with Crippen molar-refractivity contribution in [2.45, 2.75) is 42.7 Å². The summed E-state index contributed by atoms with van der Waals surface area (Å²) in [5, 5.41) is 3.50.